The Labute approximate surface area is 180 Å². The van der Waals surface area contributed by atoms with Crippen molar-refractivity contribution in [2.24, 2.45) is 52.3 Å². The molecule has 0 amide bonds. The predicted molar refractivity (Wildman–Crippen MR) is 124 cm³/mol. The Morgan fingerprint density at radius 2 is 1.62 bits per heavy atom. The lowest BCUT2D eigenvalue weighted by Crippen LogP contribution is -2.49. The molecule has 1 nitrogen and oxygen atoms in total. The molecule has 0 aromatic heterocycles. The van der Waals surface area contributed by atoms with Crippen LogP contribution in [0.3, 0.4) is 0 Å². The van der Waals surface area contributed by atoms with Crippen molar-refractivity contribution in [2.45, 2.75) is 99.0 Å². The molecule has 164 valence electrons. The average Bonchev–Trinajstić information content (AvgIpc) is 3.03. The first kappa shape index (κ1) is 21.7. The lowest BCUT2D eigenvalue weighted by molar-refractivity contribution is -0.0414. The summed E-state index contributed by atoms with van der Waals surface area (Å²) in [6.45, 7) is 14.7. The van der Waals surface area contributed by atoms with Crippen molar-refractivity contribution in [2.75, 3.05) is 0 Å². The number of hydrogen-bond donors (Lipinski definition) is 1. The molecular formula is C28H46O. The van der Waals surface area contributed by atoms with Gasteiger partial charge in [0.15, 0.2) is 0 Å². The molecule has 1 heteroatoms. The highest BCUT2D eigenvalue weighted by atomic mass is 16.3. The van der Waals surface area contributed by atoms with E-state index in [4.69, 9.17) is 0 Å². The SMILES string of the molecule is CC(C)[C@@H](C)/C=C/[C@H](C)[C@H]1CC[C@H]2C3=CC[C@H]4C[C@@H](O)CC[C@]4(C)[C@H]3CC[C@]12C. The molecule has 4 rings (SSSR count). The maximum absolute atomic E-state index is 10.2. The van der Waals surface area contributed by atoms with Gasteiger partial charge in [-0.2, -0.15) is 0 Å². The third-order valence-corrected chi connectivity index (χ3v) is 10.5. The highest BCUT2D eigenvalue weighted by Gasteiger charge is 2.57. The summed E-state index contributed by atoms with van der Waals surface area (Å²) in [5, 5.41) is 10.2. The van der Waals surface area contributed by atoms with E-state index in [-0.39, 0.29) is 6.10 Å². The molecule has 0 saturated heterocycles. The molecule has 0 spiro atoms. The fourth-order valence-corrected chi connectivity index (χ4v) is 8.10. The molecule has 0 unspecified atom stereocenters. The number of aliphatic hydroxyl groups excluding tert-OH is 1. The van der Waals surface area contributed by atoms with Crippen molar-refractivity contribution in [3.63, 3.8) is 0 Å². The van der Waals surface area contributed by atoms with Crippen LogP contribution in [-0.2, 0) is 0 Å². The van der Waals surface area contributed by atoms with Crippen LogP contribution in [0.25, 0.3) is 0 Å². The van der Waals surface area contributed by atoms with Crippen LogP contribution < -0.4 is 0 Å². The number of hydrogen-bond acceptors (Lipinski definition) is 1. The fourth-order valence-electron chi connectivity index (χ4n) is 8.10. The van der Waals surface area contributed by atoms with Gasteiger partial charge in [-0.15, -0.1) is 0 Å². The largest absolute Gasteiger partial charge is 0.393 e. The molecule has 0 bridgehead atoms. The van der Waals surface area contributed by atoms with Gasteiger partial charge in [0.25, 0.3) is 0 Å². The van der Waals surface area contributed by atoms with Crippen molar-refractivity contribution in [1.29, 1.82) is 0 Å². The van der Waals surface area contributed by atoms with Gasteiger partial charge in [0, 0.05) is 0 Å². The van der Waals surface area contributed by atoms with Gasteiger partial charge in [0.1, 0.15) is 0 Å². The Bertz CT molecular complexity index is 659. The molecule has 0 aromatic rings. The van der Waals surface area contributed by atoms with Gasteiger partial charge in [0.05, 0.1) is 6.10 Å². The number of allylic oxidation sites excluding steroid dienone is 4. The van der Waals surface area contributed by atoms with E-state index in [2.05, 4.69) is 59.8 Å². The Hall–Kier alpha value is -0.560. The van der Waals surface area contributed by atoms with E-state index in [1.165, 1.54) is 38.5 Å². The summed E-state index contributed by atoms with van der Waals surface area (Å²) in [5.74, 6) is 5.25. The van der Waals surface area contributed by atoms with Crippen LogP contribution in [0, 0.1) is 52.3 Å². The van der Waals surface area contributed by atoms with Crippen molar-refractivity contribution in [3.8, 4) is 0 Å². The van der Waals surface area contributed by atoms with E-state index in [9.17, 15) is 5.11 Å². The summed E-state index contributed by atoms with van der Waals surface area (Å²) in [5.41, 5.74) is 2.79. The zero-order valence-electron chi connectivity index (χ0n) is 20.0. The van der Waals surface area contributed by atoms with Gasteiger partial charge in [-0.05, 0) is 104 Å². The van der Waals surface area contributed by atoms with Gasteiger partial charge in [-0.1, -0.05) is 65.3 Å². The molecule has 1 N–H and O–H groups in total. The molecule has 3 saturated carbocycles. The second-order valence-electron chi connectivity index (χ2n) is 12.3. The van der Waals surface area contributed by atoms with E-state index in [1.54, 1.807) is 0 Å². The van der Waals surface area contributed by atoms with Gasteiger partial charge in [-0.25, -0.2) is 0 Å². The van der Waals surface area contributed by atoms with Crippen LogP contribution >= 0.6 is 0 Å². The topological polar surface area (TPSA) is 20.2 Å². The first-order chi connectivity index (χ1) is 13.7. The summed E-state index contributed by atoms with van der Waals surface area (Å²) >= 11 is 0. The van der Waals surface area contributed by atoms with E-state index >= 15 is 0 Å². The highest BCUT2D eigenvalue weighted by Crippen LogP contribution is 2.66. The van der Waals surface area contributed by atoms with Crippen LogP contribution in [0.4, 0.5) is 0 Å². The second-order valence-corrected chi connectivity index (χ2v) is 12.3. The zero-order chi connectivity index (χ0) is 21.0. The van der Waals surface area contributed by atoms with Crippen LogP contribution in [0.2, 0.25) is 0 Å². The Morgan fingerprint density at radius 3 is 2.34 bits per heavy atom. The van der Waals surface area contributed by atoms with Crippen molar-refractivity contribution in [3.05, 3.63) is 23.8 Å². The minimum absolute atomic E-state index is 0.0476. The molecule has 0 radical (unpaired) electrons. The summed E-state index contributed by atoms with van der Waals surface area (Å²) in [7, 11) is 0. The lowest BCUT2D eigenvalue weighted by Gasteiger charge is -2.57. The molecule has 9 atom stereocenters. The summed E-state index contributed by atoms with van der Waals surface area (Å²) < 4.78 is 0. The second kappa shape index (κ2) is 7.85. The highest BCUT2D eigenvalue weighted by molar-refractivity contribution is 5.28. The van der Waals surface area contributed by atoms with Crippen LogP contribution in [0.15, 0.2) is 23.8 Å². The van der Waals surface area contributed by atoms with Crippen LogP contribution in [0.1, 0.15) is 92.9 Å². The standard InChI is InChI=1S/C28H46O/c1-18(2)19(3)7-8-20(4)24-11-12-25-23-10-9-21-17-22(29)13-15-27(21,5)26(23)14-16-28(24,25)6/h7-8,10,18-22,24-26,29H,9,11-17H2,1-6H3/b8-7+/t19-,20-,21-,22-,24+,25-,26-,27-,28+/m0/s1. The zero-order valence-corrected chi connectivity index (χ0v) is 20.0. The molecule has 0 heterocycles. The predicted octanol–water partition coefficient (Wildman–Crippen LogP) is 7.41. The first-order valence-electron chi connectivity index (χ1n) is 12.7. The Morgan fingerprint density at radius 1 is 0.931 bits per heavy atom. The van der Waals surface area contributed by atoms with Crippen molar-refractivity contribution in [1.82, 2.24) is 0 Å². The lowest BCUT2D eigenvalue weighted by atomic mass is 9.47. The Balaban J connectivity index is 1.54. The fraction of sp³-hybridized carbons (Fsp3) is 0.857. The summed E-state index contributed by atoms with van der Waals surface area (Å²) in [6.07, 6.45) is 17.8. The van der Waals surface area contributed by atoms with Gasteiger partial charge < -0.3 is 5.11 Å². The smallest absolute Gasteiger partial charge is 0.0543 e. The molecule has 4 aliphatic rings. The average molecular weight is 399 g/mol. The van der Waals surface area contributed by atoms with Crippen molar-refractivity contribution >= 4 is 0 Å². The van der Waals surface area contributed by atoms with Crippen LogP contribution in [-0.4, -0.2) is 11.2 Å². The third kappa shape index (κ3) is 3.58. The van der Waals surface area contributed by atoms with E-state index < -0.39 is 0 Å². The van der Waals surface area contributed by atoms with E-state index in [0.717, 1.165) is 36.5 Å². The maximum Gasteiger partial charge on any atom is 0.0543 e. The molecule has 4 aliphatic carbocycles. The molecule has 3 fully saturated rings. The summed E-state index contributed by atoms with van der Waals surface area (Å²) in [4.78, 5) is 0. The molecule has 0 aliphatic heterocycles. The Kier molecular flexibility index (Phi) is 5.86. The number of rotatable bonds is 4. The number of fused-ring (bicyclic) bond motifs is 5. The van der Waals surface area contributed by atoms with E-state index in [1.807, 2.05) is 5.57 Å². The molecule has 29 heavy (non-hydrogen) atoms. The van der Waals surface area contributed by atoms with Gasteiger partial charge in [-0.3, -0.25) is 0 Å². The minimum Gasteiger partial charge on any atom is -0.393 e. The third-order valence-electron chi connectivity index (χ3n) is 10.5. The molecule has 0 aromatic carbocycles. The monoisotopic (exact) mass is 398 g/mol. The van der Waals surface area contributed by atoms with Gasteiger partial charge >= 0.3 is 0 Å². The first-order valence-corrected chi connectivity index (χ1v) is 12.7. The number of aliphatic hydroxyl groups is 1. The normalized spacial score (nSPS) is 46.8. The van der Waals surface area contributed by atoms with E-state index in [0.29, 0.717) is 28.6 Å². The molecular weight excluding hydrogens is 352 g/mol. The van der Waals surface area contributed by atoms with Crippen LogP contribution in [0.5, 0.6) is 0 Å². The summed E-state index contributed by atoms with van der Waals surface area (Å²) in [6, 6.07) is 0. The quantitative estimate of drug-likeness (QED) is 0.489. The van der Waals surface area contributed by atoms with Gasteiger partial charge in [0.2, 0.25) is 0 Å². The minimum atomic E-state index is -0.0476. The maximum atomic E-state index is 10.2. The van der Waals surface area contributed by atoms with Crippen molar-refractivity contribution < 1.29 is 5.11 Å².